The van der Waals surface area contributed by atoms with Crippen LogP contribution in [0.4, 0.5) is 0 Å². The Morgan fingerprint density at radius 1 is 0.929 bits per heavy atom. The molecule has 0 unspecified atom stereocenters. The molecule has 0 aliphatic rings. The minimum atomic E-state index is -0.368. The van der Waals surface area contributed by atoms with Gasteiger partial charge < -0.3 is 9.84 Å². The Balaban J connectivity index is 1.92. The number of carbonyl (C=O) groups is 1. The predicted molar refractivity (Wildman–Crippen MR) is 113 cm³/mol. The highest BCUT2D eigenvalue weighted by molar-refractivity contribution is 5.87. The van der Waals surface area contributed by atoms with Gasteiger partial charge in [0, 0.05) is 12.0 Å². The number of carbonyl (C=O) groups excluding carboxylic acids is 1. The minimum absolute atomic E-state index is 0.0247. The average Bonchev–Trinajstić information content (AvgIpc) is 2.74. The summed E-state index contributed by atoms with van der Waals surface area (Å²) in [5.41, 5.74) is 6.81. The van der Waals surface area contributed by atoms with Crippen molar-refractivity contribution < 1.29 is 14.6 Å². The Morgan fingerprint density at radius 2 is 1.61 bits per heavy atom. The lowest BCUT2D eigenvalue weighted by atomic mass is 9.93. The Morgan fingerprint density at radius 3 is 2.25 bits per heavy atom. The molecule has 0 bridgehead atoms. The van der Waals surface area contributed by atoms with E-state index in [1.165, 1.54) is 0 Å². The molecule has 0 aliphatic carbocycles. The summed E-state index contributed by atoms with van der Waals surface area (Å²) in [6.07, 6.45) is 0.608. The normalized spacial score (nSPS) is 10.5. The van der Waals surface area contributed by atoms with Crippen LogP contribution < -0.4 is 0 Å². The third-order valence-corrected chi connectivity index (χ3v) is 4.61. The van der Waals surface area contributed by atoms with Gasteiger partial charge in [0.05, 0.1) is 13.2 Å². The first-order valence-corrected chi connectivity index (χ1v) is 9.29. The van der Waals surface area contributed by atoms with Crippen LogP contribution in [-0.2, 0) is 22.6 Å². The van der Waals surface area contributed by atoms with E-state index >= 15 is 0 Å². The first kappa shape index (κ1) is 19.6. The molecule has 0 radical (unpaired) electrons. The summed E-state index contributed by atoms with van der Waals surface area (Å²) in [4.78, 5) is 11.7. The maximum Gasteiger partial charge on any atom is 0.333 e. The average molecular weight is 372 g/mol. The van der Waals surface area contributed by atoms with Crippen molar-refractivity contribution in [3.63, 3.8) is 0 Å². The zero-order valence-electron chi connectivity index (χ0n) is 16.0. The number of aliphatic hydroxyl groups is 1. The van der Waals surface area contributed by atoms with Crippen molar-refractivity contribution in [2.75, 3.05) is 6.61 Å². The monoisotopic (exact) mass is 372 g/mol. The second kappa shape index (κ2) is 9.16. The van der Waals surface area contributed by atoms with E-state index in [0.29, 0.717) is 18.6 Å². The molecule has 28 heavy (non-hydrogen) atoms. The van der Waals surface area contributed by atoms with Gasteiger partial charge in [-0.25, -0.2) is 4.79 Å². The van der Waals surface area contributed by atoms with E-state index < -0.39 is 0 Å². The van der Waals surface area contributed by atoms with Crippen LogP contribution in [0.25, 0.3) is 22.3 Å². The van der Waals surface area contributed by atoms with Gasteiger partial charge in [-0.1, -0.05) is 79.4 Å². The third-order valence-electron chi connectivity index (χ3n) is 4.61. The molecule has 3 aromatic rings. The van der Waals surface area contributed by atoms with E-state index in [1.54, 1.807) is 6.92 Å². The van der Waals surface area contributed by atoms with Crippen LogP contribution in [0.1, 0.15) is 18.1 Å². The number of ether oxygens (including phenoxy) is 1. The van der Waals surface area contributed by atoms with Crippen LogP contribution in [0.15, 0.2) is 84.9 Å². The zero-order chi connectivity index (χ0) is 19.9. The van der Waals surface area contributed by atoms with E-state index in [1.807, 2.05) is 42.5 Å². The number of hydrogen-bond donors (Lipinski definition) is 1. The first-order chi connectivity index (χ1) is 13.6. The molecule has 3 rings (SSSR count). The Bertz CT molecular complexity index is 957. The smallest absolute Gasteiger partial charge is 0.333 e. The lowest BCUT2D eigenvalue weighted by Crippen LogP contribution is -2.08. The largest absolute Gasteiger partial charge is 0.462 e. The Hall–Kier alpha value is -3.17. The molecule has 3 aromatic carbocycles. The van der Waals surface area contributed by atoms with Gasteiger partial charge in [0.25, 0.3) is 0 Å². The molecule has 3 nitrogen and oxygen atoms in total. The zero-order valence-corrected chi connectivity index (χ0v) is 16.0. The number of esters is 1. The van der Waals surface area contributed by atoms with E-state index in [0.717, 1.165) is 33.4 Å². The van der Waals surface area contributed by atoms with Crippen molar-refractivity contribution in [2.45, 2.75) is 20.0 Å². The van der Waals surface area contributed by atoms with E-state index in [4.69, 9.17) is 4.74 Å². The van der Waals surface area contributed by atoms with Gasteiger partial charge in [-0.05, 0) is 40.3 Å². The van der Waals surface area contributed by atoms with Gasteiger partial charge in [-0.3, -0.25) is 0 Å². The van der Waals surface area contributed by atoms with E-state index in [2.05, 4.69) is 36.9 Å². The first-order valence-electron chi connectivity index (χ1n) is 9.29. The summed E-state index contributed by atoms with van der Waals surface area (Å²) in [7, 11) is 0. The Kier molecular flexibility index (Phi) is 6.41. The molecule has 0 amide bonds. The molecule has 3 heteroatoms. The second-order valence-corrected chi connectivity index (χ2v) is 6.76. The van der Waals surface area contributed by atoms with Crippen molar-refractivity contribution in [1.29, 1.82) is 0 Å². The Labute approximate surface area is 165 Å². The summed E-state index contributed by atoms with van der Waals surface area (Å²) in [5.74, 6) is -0.368. The van der Waals surface area contributed by atoms with E-state index in [-0.39, 0.29) is 12.6 Å². The van der Waals surface area contributed by atoms with Crippen LogP contribution in [0.2, 0.25) is 0 Å². The predicted octanol–water partition coefficient (Wildman–Crippen LogP) is 5.17. The number of aliphatic hydroxyl groups excluding tert-OH is 1. The van der Waals surface area contributed by atoms with E-state index in [9.17, 15) is 9.90 Å². The lowest BCUT2D eigenvalue weighted by Gasteiger charge is -2.13. The molecule has 0 atom stereocenters. The van der Waals surface area contributed by atoms with Crippen LogP contribution >= 0.6 is 0 Å². The standard InChI is InChI=1S/C25H24O3/c1-18(2)25(27)28-15-14-23-16-22(20-6-4-3-5-7-20)12-13-24(23)21-10-8-19(17-26)9-11-21/h3-13,16,26H,1,14-15,17H2,2H3. The summed E-state index contributed by atoms with van der Waals surface area (Å²) < 4.78 is 5.31. The maximum absolute atomic E-state index is 11.7. The van der Waals surface area contributed by atoms with Gasteiger partial charge in [0.1, 0.15) is 0 Å². The van der Waals surface area contributed by atoms with Crippen molar-refractivity contribution in [1.82, 2.24) is 0 Å². The fraction of sp³-hybridized carbons (Fsp3) is 0.160. The molecule has 0 fully saturated rings. The summed E-state index contributed by atoms with van der Waals surface area (Å²) >= 11 is 0. The number of hydrogen-bond acceptors (Lipinski definition) is 3. The topological polar surface area (TPSA) is 46.5 Å². The van der Waals surface area contributed by atoms with Crippen molar-refractivity contribution in [3.05, 3.63) is 96.1 Å². The molecule has 142 valence electrons. The summed E-state index contributed by atoms with van der Waals surface area (Å²) in [6, 6.07) is 24.4. The molecular formula is C25H24O3. The molecular weight excluding hydrogens is 348 g/mol. The van der Waals surface area contributed by atoms with Crippen molar-refractivity contribution in [2.24, 2.45) is 0 Å². The highest BCUT2D eigenvalue weighted by atomic mass is 16.5. The maximum atomic E-state index is 11.7. The minimum Gasteiger partial charge on any atom is -0.462 e. The molecule has 0 spiro atoms. The lowest BCUT2D eigenvalue weighted by molar-refractivity contribution is -0.138. The summed E-state index contributed by atoms with van der Waals surface area (Å²) in [5, 5.41) is 9.27. The summed E-state index contributed by atoms with van der Waals surface area (Å²) in [6.45, 7) is 5.59. The quantitative estimate of drug-likeness (QED) is 0.459. The van der Waals surface area contributed by atoms with Gasteiger partial charge >= 0.3 is 5.97 Å². The molecule has 1 N–H and O–H groups in total. The molecule has 0 saturated heterocycles. The van der Waals surface area contributed by atoms with Crippen molar-refractivity contribution >= 4 is 5.97 Å². The van der Waals surface area contributed by atoms with Gasteiger partial charge in [-0.15, -0.1) is 0 Å². The van der Waals surface area contributed by atoms with Gasteiger partial charge in [0.15, 0.2) is 0 Å². The fourth-order valence-corrected chi connectivity index (χ4v) is 3.06. The SMILES string of the molecule is C=C(C)C(=O)OCCc1cc(-c2ccccc2)ccc1-c1ccc(CO)cc1. The van der Waals surface area contributed by atoms with Crippen molar-refractivity contribution in [3.8, 4) is 22.3 Å². The number of benzene rings is 3. The van der Waals surface area contributed by atoms with Gasteiger partial charge in [-0.2, -0.15) is 0 Å². The highest BCUT2D eigenvalue weighted by Gasteiger charge is 2.10. The molecule has 0 aromatic heterocycles. The molecule has 0 heterocycles. The fourth-order valence-electron chi connectivity index (χ4n) is 3.06. The highest BCUT2D eigenvalue weighted by Crippen LogP contribution is 2.30. The van der Waals surface area contributed by atoms with Crippen LogP contribution in [-0.4, -0.2) is 17.7 Å². The van der Waals surface area contributed by atoms with Crippen LogP contribution in [0, 0.1) is 0 Å². The molecule has 0 saturated carbocycles. The van der Waals surface area contributed by atoms with Gasteiger partial charge in [0.2, 0.25) is 0 Å². The number of rotatable bonds is 7. The molecule has 0 aliphatic heterocycles. The second-order valence-electron chi connectivity index (χ2n) is 6.76. The third kappa shape index (κ3) is 4.76. The van der Waals surface area contributed by atoms with Crippen LogP contribution in [0.3, 0.4) is 0 Å². The van der Waals surface area contributed by atoms with Crippen LogP contribution in [0.5, 0.6) is 0 Å².